The number of anilines is 1. The summed E-state index contributed by atoms with van der Waals surface area (Å²) in [6.45, 7) is 0.128. The van der Waals surface area contributed by atoms with Crippen molar-refractivity contribution in [3.05, 3.63) is 68.2 Å². The minimum Gasteiger partial charge on any atom is -0.378 e. The number of rotatable bonds is 4. The van der Waals surface area contributed by atoms with Crippen molar-refractivity contribution >= 4 is 27.3 Å². The third-order valence-electron chi connectivity index (χ3n) is 2.68. The monoisotopic (exact) mass is 342 g/mol. The van der Waals surface area contributed by atoms with Gasteiger partial charge in [-0.3, -0.25) is 10.1 Å². The van der Waals surface area contributed by atoms with Gasteiger partial charge in [-0.1, -0.05) is 18.2 Å². The standard InChI is InChI=1S/C13H9BrF2N2O2/c14-12-8(3-1-6-11(12)18(19)20)7-17-10-5-2-4-9(15)13(10)16/h1-6,17H,7H2. The highest BCUT2D eigenvalue weighted by Crippen LogP contribution is 2.29. The average Bonchev–Trinajstić information content (AvgIpc) is 2.41. The summed E-state index contributed by atoms with van der Waals surface area (Å²) in [5.41, 5.74) is 0.496. The van der Waals surface area contributed by atoms with Gasteiger partial charge in [-0.05, 0) is 33.6 Å². The van der Waals surface area contributed by atoms with Gasteiger partial charge in [0.1, 0.15) is 4.47 Å². The van der Waals surface area contributed by atoms with Crippen LogP contribution in [0.25, 0.3) is 0 Å². The second kappa shape index (κ2) is 5.96. The fourth-order valence-corrected chi connectivity index (χ4v) is 2.22. The summed E-state index contributed by atoms with van der Waals surface area (Å²) >= 11 is 3.14. The Labute approximate surface area is 121 Å². The SMILES string of the molecule is O=[N+]([O-])c1cccc(CNc2cccc(F)c2F)c1Br. The van der Waals surface area contributed by atoms with Crippen LogP contribution in [0.15, 0.2) is 40.9 Å². The molecule has 0 atom stereocenters. The van der Waals surface area contributed by atoms with Gasteiger partial charge >= 0.3 is 0 Å². The van der Waals surface area contributed by atoms with E-state index in [2.05, 4.69) is 21.2 Å². The van der Waals surface area contributed by atoms with E-state index in [1.165, 1.54) is 24.3 Å². The summed E-state index contributed by atoms with van der Waals surface area (Å²) < 4.78 is 26.8. The zero-order chi connectivity index (χ0) is 14.7. The molecule has 2 aromatic carbocycles. The molecule has 1 N–H and O–H groups in total. The van der Waals surface area contributed by atoms with Crippen LogP contribution in [0.2, 0.25) is 0 Å². The average molecular weight is 343 g/mol. The lowest BCUT2D eigenvalue weighted by Gasteiger charge is -2.09. The molecular formula is C13H9BrF2N2O2. The predicted molar refractivity (Wildman–Crippen MR) is 74.5 cm³/mol. The van der Waals surface area contributed by atoms with E-state index < -0.39 is 16.6 Å². The van der Waals surface area contributed by atoms with E-state index in [0.29, 0.717) is 10.0 Å². The second-order valence-corrected chi connectivity index (χ2v) is 4.76. The van der Waals surface area contributed by atoms with E-state index in [4.69, 9.17) is 0 Å². The third kappa shape index (κ3) is 2.93. The molecule has 0 aliphatic rings. The van der Waals surface area contributed by atoms with Crippen molar-refractivity contribution in [1.82, 2.24) is 0 Å². The van der Waals surface area contributed by atoms with Gasteiger partial charge < -0.3 is 5.32 Å². The number of nitrogens with zero attached hydrogens (tertiary/aromatic N) is 1. The molecule has 20 heavy (non-hydrogen) atoms. The van der Waals surface area contributed by atoms with Crippen molar-refractivity contribution in [2.75, 3.05) is 5.32 Å². The highest BCUT2D eigenvalue weighted by Gasteiger charge is 2.15. The highest BCUT2D eigenvalue weighted by atomic mass is 79.9. The Morgan fingerprint density at radius 2 is 1.90 bits per heavy atom. The lowest BCUT2D eigenvalue weighted by molar-refractivity contribution is -0.385. The van der Waals surface area contributed by atoms with Gasteiger partial charge in [0.2, 0.25) is 0 Å². The molecule has 0 heterocycles. The largest absolute Gasteiger partial charge is 0.378 e. The normalized spacial score (nSPS) is 10.3. The molecule has 0 saturated heterocycles. The van der Waals surface area contributed by atoms with E-state index in [1.54, 1.807) is 6.07 Å². The number of hydrogen-bond donors (Lipinski definition) is 1. The number of halogens is 3. The molecule has 0 amide bonds. The fraction of sp³-hybridized carbons (Fsp3) is 0.0769. The molecule has 104 valence electrons. The molecule has 0 saturated carbocycles. The highest BCUT2D eigenvalue weighted by molar-refractivity contribution is 9.10. The number of hydrogen-bond acceptors (Lipinski definition) is 3. The van der Waals surface area contributed by atoms with Crippen LogP contribution in [0.5, 0.6) is 0 Å². The maximum atomic E-state index is 13.5. The van der Waals surface area contributed by atoms with Crippen LogP contribution >= 0.6 is 15.9 Å². The summed E-state index contributed by atoms with van der Waals surface area (Å²) in [5.74, 6) is -1.93. The fourth-order valence-electron chi connectivity index (χ4n) is 1.67. The van der Waals surface area contributed by atoms with Crippen LogP contribution in [0.4, 0.5) is 20.2 Å². The summed E-state index contributed by atoms with van der Waals surface area (Å²) in [7, 11) is 0. The number of benzene rings is 2. The van der Waals surface area contributed by atoms with E-state index in [0.717, 1.165) is 6.07 Å². The van der Waals surface area contributed by atoms with Crippen LogP contribution < -0.4 is 5.32 Å². The molecule has 0 bridgehead atoms. The molecule has 0 radical (unpaired) electrons. The van der Waals surface area contributed by atoms with E-state index in [1.807, 2.05) is 0 Å². The molecule has 4 nitrogen and oxygen atoms in total. The lowest BCUT2D eigenvalue weighted by Crippen LogP contribution is -2.04. The van der Waals surface area contributed by atoms with Crippen LogP contribution in [-0.2, 0) is 6.54 Å². The van der Waals surface area contributed by atoms with E-state index in [9.17, 15) is 18.9 Å². The maximum absolute atomic E-state index is 13.5. The van der Waals surface area contributed by atoms with Crippen molar-refractivity contribution in [1.29, 1.82) is 0 Å². The Kier molecular flexibility index (Phi) is 4.29. The van der Waals surface area contributed by atoms with Crippen molar-refractivity contribution in [3.63, 3.8) is 0 Å². The molecule has 0 fully saturated rings. The summed E-state index contributed by atoms with van der Waals surface area (Å²) in [6.07, 6.45) is 0. The maximum Gasteiger partial charge on any atom is 0.283 e. The molecule has 2 rings (SSSR count). The van der Waals surface area contributed by atoms with E-state index in [-0.39, 0.29) is 17.9 Å². The minimum atomic E-state index is -0.978. The quantitative estimate of drug-likeness (QED) is 0.667. The van der Waals surface area contributed by atoms with Gasteiger partial charge in [0.15, 0.2) is 11.6 Å². The first-order chi connectivity index (χ1) is 9.50. The smallest absolute Gasteiger partial charge is 0.283 e. The first-order valence-corrected chi connectivity index (χ1v) is 6.39. The summed E-state index contributed by atoms with van der Waals surface area (Å²) in [6, 6.07) is 8.33. The van der Waals surface area contributed by atoms with Gasteiger partial charge in [-0.15, -0.1) is 0 Å². The predicted octanol–water partition coefficient (Wildman–Crippen LogP) is 4.25. The Balaban J connectivity index is 2.21. The van der Waals surface area contributed by atoms with Gasteiger partial charge in [0, 0.05) is 12.6 Å². The van der Waals surface area contributed by atoms with Gasteiger partial charge in [0.05, 0.1) is 10.6 Å². The first kappa shape index (κ1) is 14.4. The van der Waals surface area contributed by atoms with Crippen LogP contribution in [-0.4, -0.2) is 4.92 Å². The van der Waals surface area contributed by atoms with Crippen LogP contribution in [0.3, 0.4) is 0 Å². The summed E-state index contributed by atoms with van der Waals surface area (Å²) in [4.78, 5) is 10.3. The van der Waals surface area contributed by atoms with Crippen molar-refractivity contribution in [2.24, 2.45) is 0 Å². The first-order valence-electron chi connectivity index (χ1n) is 5.60. The Bertz CT molecular complexity index is 665. The van der Waals surface area contributed by atoms with Crippen molar-refractivity contribution < 1.29 is 13.7 Å². The molecule has 0 unspecified atom stereocenters. The second-order valence-electron chi connectivity index (χ2n) is 3.96. The number of nitrogens with one attached hydrogen (secondary N) is 1. The van der Waals surface area contributed by atoms with Gasteiger partial charge in [0.25, 0.3) is 5.69 Å². The molecule has 0 aromatic heterocycles. The number of nitro groups is 1. The van der Waals surface area contributed by atoms with Crippen molar-refractivity contribution in [2.45, 2.75) is 6.54 Å². The summed E-state index contributed by atoms with van der Waals surface area (Å²) in [5, 5.41) is 13.5. The zero-order valence-electron chi connectivity index (χ0n) is 10.1. The van der Waals surface area contributed by atoms with Crippen LogP contribution in [0, 0.1) is 21.7 Å². The molecule has 2 aromatic rings. The molecule has 0 aliphatic heterocycles. The minimum absolute atomic E-state index is 0.00315. The lowest BCUT2D eigenvalue weighted by atomic mass is 10.2. The van der Waals surface area contributed by atoms with Crippen LogP contribution in [0.1, 0.15) is 5.56 Å². The Morgan fingerprint density at radius 1 is 1.20 bits per heavy atom. The van der Waals surface area contributed by atoms with Gasteiger partial charge in [-0.2, -0.15) is 0 Å². The Hall–Kier alpha value is -2.02. The van der Waals surface area contributed by atoms with Crippen molar-refractivity contribution in [3.8, 4) is 0 Å². The molecule has 7 heteroatoms. The molecule has 0 aliphatic carbocycles. The third-order valence-corrected chi connectivity index (χ3v) is 3.59. The number of nitro benzene ring substituents is 1. The van der Waals surface area contributed by atoms with E-state index >= 15 is 0 Å². The molecule has 0 spiro atoms. The topological polar surface area (TPSA) is 55.2 Å². The molecular weight excluding hydrogens is 334 g/mol. The Morgan fingerprint density at radius 3 is 2.60 bits per heavy atom. The van der Waals surface area contributed by atoms with Gasteiger partial charge in [-0.25, -0.2) is 8.78 Å². The zero-order valence-corrected chi connectivity index (χ0v) is 11.7.